The first-order chi connectivity index (χ1) is 24.7. The summed E-state index contributed by atoms with van der Waals surface area (Å²) in [7, 11) is 0. The van der Waals surface area contributed by atoms with E-state index in [1.807, 2.05) is 0 Å². The van der Waals surface area contributed by atoms with E-state index in [9.17, 15) is 0 Å². The van der Waals surface area contributed by atoms with Crippen molar-refractivity contribution in [3.63, 3.8) is 0 Å². The Balaban J connectivity index is 1.22. The van der Waals surface area contributed by atoms with Crippen molar-refractivity contribution >= 4 is 10.8 Å². The molecule has 1 aliphatic carbocycles. The summed E-state index contributed by atoms with van der Waals surface area (Å²) in [4.78, 5) is 0. The lowest BCUT2D eigenvalue weighted by Crippen LogP contribution is -2.34. The maximum absolute atomic E-state index is 6.71. The molecule has 1 nitrogen and oxygen atoms in total. The molecule has 1 unspecified atom stereocenters. The fraction of sp³-hybridized carbons (Fsp3) is 0.0612. The summed E-state index contributed by atoms with van der Waals surface area (Å²) in [6.45, 7) is 2.40. The topological polar surface area (TPSA) is 9.23 Å². The Morgan fingerprint density at radius 2 is 0.860 bits per heavy atom. The van der Waals surface area contributed by atoms with E-state index < -0.39 is 5.41 Å². The molecule has 0 N–H and O–H groups in total. The molecular formula is C49H34O. The largest absolute Gasteiger partial charge is 0.457 e. The minimum absolute atomic E-state index is 0.305. The molecule has 1 heteroatoms. The van der Waals surface area contributed by atoms with E-state index in [1.165, 1.54) is 60.8 Å². The first-order valence-electron chi connectivity index (χ1n) is 17.4. The van der Waals surface area contributed by atoms with Gasteiger partial charge < -0.3 is 4.74 Å². The minimum atomic E-state index is -0.561. The van der Waals surface area contributed by atoms with Crippen molar-refractivity contribution in [2.45, 2.75) is 17.8 Å². The van der Waals surface area contributed by atoms with E-state index in [0.29, 0.717) is 0 Å². The Bertz CT molecular complexity index is 2530. The zero-order chi connectivity index (χ0) is 33.3. The van der Waals surface area contributed by atoms with E-state index in [-0.39, 0.29) is 5.41 Å². The van der Waals surface area contributed by atoms with Crippen molar-refractivity contribution in [1.29, 1.82) is 0 Å². The Morgan fingerprint density at radius 1 is 0.360 bits per heavy atom. The van der Waals surface area contributed by atoms with Crippen LogP contribution in [0.25, 0.3) is 33.0 Å². The predicted octanol–water partition coefficient (Wildman–Crippen LogP) is 12.3. The van der Waals surface area contributed by atoms with Gasteiger partial charge >= 0.3 is 0 Å². The molecule has 10 rings (SSSR count). The second-order valence-corrected chi connectivity index (χ2v) is 13.8. The minimum Gasteiger partial charge on any atom is -0.457 e. The fourth-order valence-electron chi connectivity index (χ4n) is 8.86. The first-order valence-corrected chi connectivity index (χ1v) is 17.4. The Hall–Kier alpha value is -6.18. The number of benzene rings is 8. The lowest BCUT2D eigenvalue weighted by Gasteiger charge is -2.41. The van der Waals surface area contributed by atoms with Crippen LogP contribution in [0, 0.1) is 0 Å². The summed E-state index contributed by atoms with van der Waals surface area (Å²) < 4.78 is 6.71. The van der Waals surface area contributed by atoms with Gasteiger partial charge in [-0.1, -0.05) is 152 Å². The highest BCUT2D eigenvalue weighted by Crippen LogP contribution is 2.57. The highest BCUT2D eigenvalue weighted by Gasteiger charge is 2.46. The SMILES string of the molecule is CC1(c2ccccc2)c2cc(-c3ccc4c(c3)C(c3ccccc3)(c3ccccc3)c3ccccc3O4)ccc2-c2cc3ccccc3cc21. The van der Waals surface area contributed by atoms with Crippen molar-refractivity contribution < 1.29 is 4.74 Å². The maximum Gasteiger partial charge on any atom is 0.132 e. The van der Waals surface area contributed by atoms with Crippen LogP contribution < -0.4 is 4.74 Å². The molecule has 8 aromatic rings. The van der Waals surface area contributed by atoms with Gasteiger partial charge in [-0.25, -0.2) is 0 Å². The molecule has 0 radical (unpaired) electrons. The van der Waals surface area contributed by atoms with Crippen LogP contribution in [-0.2, 0) is 10.8 Å². The maximum atomic E-state index is 6.71. The van der Waals surface area contributed by atoms with E-state index in [4.69, 9.17) is 4.74 Å². The van der Waals surface area contributed by atoms with Crippen LogP contribution in [0.15, 0.2) is 188 Å². The summed E-state index contributed by atoms with van der Waals surface area (Å²) in [6, 6.07) is 68.7. The van der Waals surface area contributed by atoms with Crippen LogP contribution in [0.3, 0.4) is 0 Å². The molecule has 50 heavy (non-hydrogen) atoms. The lowest BCUT2D eigenvalue weighted by atomic mass is 9.63. The quantitative estimate of drug-likeness (QED) is 0.186. The summed E-state index contributed by atoms with van der Waals surface area (Å²) in [5.41, 5.74) is 12.8. The third-order valence-electron chi connectivity index (χ3n) is 11.3. The number of para-hydroxylation sites is 1. The average molecular weight is 639 g/mol. The molecule has 236 valence electrons. The summed E-state index contributed by atoms with van der Waals surface area (Å²) in [5, 5.41) is 2.54. The summed E-state index contributed by atoms with van der Waals surface area (Å²) in [6.07, 6.45) is 0. The molecule has 0 saturated heterocycles. The zero-order valence-corrected chi connectivity index (χ0v) is 27.8. The van der Waals surface area contributed by atoms with Crippen LogP contribution in [0.2, 0.25) is 0 Å². The second-order valence-electron chi connectivity index (χ2n) is 13.8. The number of ether oxygens (including phenoxy) is 1. The van der Waals surface area contributed by atoms with Gasteiger partial charge in [-0.15, -0.1) is 0 Å². The number of hydrogen-bond acceptors (Lipinski definition) is 1. The van der Waals surface area contributed by atoms with Crippen molar-refractivity contribution in [2.24, 2.45) is 0 Å². The molecule has 0 amide bonds. The Kier molecular flexibility index (Phi) is 6.29. The zero-order valence-electron chi connectivity index (χ0n) is 27.8. The van der Waals surface area contributed by atoms with Crippen LogP contribution in [0.1, 0.15) is 45.9 Å². The van der Waals surface area contributed by atoms with Crippen LogP contribution in [0.4, 0.5) is 0 Å². The van der Waals surface area contributed by atoms with E-state index in [0.717, 1.165) is 22.6 Å². The highest BCUT2D eigenvalue weighted by molar-refractivity contribution is 5.95. The van der Waals surface area contributed by atoms with Gasteiger partial charge in [0.15, 0.2) is 0 Å². The van der Waals surface area contributed by atoms with Crippen LogP contribution in [0.5, 0.6) is 11.5 Å². The van der Waals surface area contributed by atoms with Gasteiger partial charge in [0.2, 0.25) is 0 Å². The van der Waals surface area contributed by atoms with Crippen molar-refractivity contribution in [3.05, 3.63) is 227 Å². The third-order valence-corrected chi connectivity index (χ3v) is 11.3. The summed E-state index contributed by atoms with van der Waals surface area (Å²) in [5.74, 6) is 1.77. The van der Waals surface area contributed by atoms with E-state index in [2.05, 4.69) is 195 Å². The van der Waals surface area contributed by atoms with Crippen molar-refractivity contribution in [2.75, 3.05) is 0 Å². The first kappa shape index (κ1) is 28.8. The molecule has 0 aromatic heterocycles. The molecule has 1 aliphatic heterocycles. The van der Waals surface area contributed by atoms with Crippen LogP contribution >= 0.6 is 0 Å². The number of fused-ring (bicyclic) bond motifs is 6. The van der Waals surface area contributed by atoms with E-state index >= 15 is 0 Å². The van der Waals surface area contributed by atoms with Gasteiger partial charge in [-0.2, -0.15) is 0 Å². The molecule has 0 fully saturated rings. The average Bonchev–Trinajstić information content (AvgIpc) is 3.44. The van der Waals surface area contributed by atoms with Gasteiger partial charge in [-0.3, -0.25) is 0 Å². The highest BCUT2D eigenvalue weighted by atomic mass is 16.5. The fourth-order valence-corrected chi connectivity index (χ4v) is 8.86. The second kappa shape index (κ2) is 10.9. The van der Waals surface area contributed by atoms with Gasteiger partial charge in [0.05, 0.1) is 5.41 Å². The monoisotopic (exact) mass is 638 g/mol. The Labute approximate surface area is 293 Å². The predicted molar refractivity (Wildman–Crippen MR) is 205 cm³/mol. The molecule has 1 atom stereocenters. The molecular weight excluding hydrogens is 605 g/mol. The van der Waals surface area contributed by atoms with E-state index in [1.54, 1.807) is 0 Å². The van der Waals surface area contributed by atoms with Gasteiger partial charge in [0.1, 0.15) is 11.5 Å². The van der Waals surface area contributed by atoms with Crippen molar-refractivity contribution in [3.8, 4) is 33.8 Å². The molecule has 8 aromatic carbocycles. The number of rotatable bonds is 4. The molecule has 0 saturated carbocycles. The van der Waals surface area contributed by atoms with Crippen molar-refractivity contribution in [1.82, 2.24) is 0 Å². The van der Waals surface area contributed by atoms with Gasteiger partial charge in [0, 0.05) is 16.5 Å². The molecule has 2 aliphatic rings. The molecule has 1 heterocycles. The molecule has 0 bridgehead atoms. The Morgan fingerprint density at radius 3 is 1.54 bits per heavy atom. The normalized spacial score (nSPS) is 16.5. The number of hydrogen-bond donors (Lipinski definition) is 0. The summed E-state index contributed by atoms with van der Waals surface area (Å²) >= 11 is 0. The van der Waals surface area contributed by atoms with Gasteiger partial charge in [0.25, 0.3) is 0 Å². The van der Waals surface area contributed by atoms with Crippen LogP contribution in [-0.4, -0.2) is 0 Å². The van der Waals surface area contributed by atoms with Gasteiger partial charge in [-0.05, 0) is 104 Å². The molecule has 0 spiro atoms. The lowest BCUT2D eigenvalue weighted by molar-refractivity contribution is 0.434. The third kappa shape index (κ3) is 4.01. The smallest absolute Gasteiger partial charge is 0.132 e. The standard InChI is InChI=1S/C49H34O/c1-48(37-17-5-2-6-18-37)43-31-35(25-27-40(43)41-29-33-15-11-12-16-34(33)30-44(41)48)36-26-28-47-45(32-36)49(38-19-7-3-8-20-38,39-21-9-4-10-22-39)42-23-13-14-24-46(42)50-47/h2-32H,1H3.